The van der Waals surface area contributed by atoms with E-state index >= 15 is 0 Å². The molecule has 0 radical (unpaired) electrons. The Hall–Kier alpha value is -2.20. The van der Waals surface area contributed by atoms with Crippen molar-refractivity contribution in [2.45, 2.75) is 51.2 Å². The molecule has 1 saturated heterocycles. The first-order chi connectivity index (χ1) is 12.8. The van der Waals surface area contributed by atoms with Gasteiger partial charge in [0, 0.05) is 13.8 Å². The van der Waals surface area contributed by atoms with Crippen LogP contribution in [-0.2, 0) is 35.1 Å². The highest BCUT2D eigenvalue weighted by atomic mass is 16.7. The standard InChI is InChI=1S/C18H24O9/c1-10(19)25-16-15(21)14(27-18(22)17(16)26-11(2)20)9-24-8-12-4-6-13(23-3)7-5-12/h4-7,14-18,21-22H,8-9H2,1-3H3/t14-,15-,16+,17-,18+/m1/s1. The van der Waals surface area contributed by atoms with Crippen molar-refractivity contribution in [1.82, 2.24) is 0 Å². The molecule has 0 aromatic heterocycles. The predicted molar refractivity (Wildman–Crippen MR) is 90.6 cm³/mol. The van der Waals surface area contributed by atoms with E-state index in [1.807, 2.05) is 12.1 Å². The molecule has 0 bridgehead atoms. The Morgan fingerprint density at radius 2 is 1.63 bits per heavy atom. The topological polar surface area (TPSA) is 121 Å². The summed E-state index contributed by atoms with van der Waals surface area (Å²) in [6, 6.07) is 7.22. The van der Waals surface area contributed by atoms with Crippen LogP contribution in [0.25, 0.3) is 0 Å². The highest BCUT2D eigenvalue weighted by Crippen LogP contribution is 2.26. The van der Waals surface area contributed by atoms with Gasteiger partial charge in [0.1, 0.15) is 18.0 Å². The SMILES string of the molecule is COc1ccc(COC[C@H]2O[C@H](O)[C@H](OC(C)=O)[C@@H](OC(C)=O)[C@@H]2O)cc1. The van der Waals surface area contributed by atoms with Crippen LogP contribution in [0.5, 0.6) is 5.75 Å². The minimum Gasteiger partial charge on any atom is -0.497 e. The summed E-state index contributed by atoms with van der Waals surface area (Å²) in [7, 11) is 1.57. The Bertz CT molecular complexity index is 630. The smallest absolute Gasteiger partial charge is 0.303 e. The number of benzene rings is 1. The molecule has 1 fully saturated rings. The monoisotopic (exact) mass is 384 g/mol. The maximum Gasteiger partial charge on any atom is 0.303 e. The molecule has 9 nitrogen and oxygen atoms in total. The number of aliphatic hydroxyl groups excluding tert-OH is 2. The lowest BCUT2D eigenvalue weighted by molar-refractivity contribution is -0.295. The van der Waals surface area contributed by atoms with Crippen LogP contribution in [0.4, 0.5) is 0 Å². The zero-order valence-electron chi connectivity index (χ0n) is 15.4. The molecule has 0 unspecified atom stereocenters. The highest BCUT2D eigenvalue weighted by Gasteiger charge is 2.48. The molecule has 27 heavy (non-hydrogen) atoms. The lowest BCUT2D eigenvalue weighted by Gasteiger charge is -2.41. The molecule has 1 heterocycles. The van der Waals surface area contributed by atoms with Gasteiger partial charge in [-0.3, -0.25) is 9.59 Å². The van der Waals surface area contributed by atoms with Gasteiger partial charge in [-0.05, 0) is 17.7 Å². The number of ether oxygens (including phenoxy) is 5. The molecule has 5 atom stereocenters. The van der Waals surface area contributed by atoms with Gasteiger partial charge in [-0.25, -0.2) is 0 Å². The number of rotatable bonds is 7. The third-order valence-corrected chi connectivity index (χ3v) is 3.95. The fourth-order valence-electron chi connectivity index (χ4n) is 2.70. The maximum absolute atomic E-state index is 11.3. The molecule has 1 aliphatic heterocycles. The third-order valence-electron chi connectivity index (χ3n) is 3.95. The third kappa shape index (κ3) is 5.90. The van der Waals surface area contributed by atoms with E-state index in [2.05, 4.69) is 0 Å². The average molecular weight is 384 g/mol. The Morgan fingerprint density at radius 3 is 2.19 bits per heavy atom. The number of esters is 2. The van der Waals surface area contributed by atoms with Gasteiger partial charge in [-0.1, -0.05) is 12.1 Å². The number of aliphatic hydroxyl groups is 2. The van der Waals surface area contributed by atoms with Crippen LogP contribution in [0.2, 0.25) is 0 Å². The maximum atomic E-state index is 11.3. The first-order valence-corrected chi connectivity index (χ1v) is 8.38. The summed E-state index contributed by atoms with van der Waals surface area (Å²) in [5.41, 5.74) is 0.871. The van der Waals surface area contributed by atoms with Gasteiger partial charge in [0.25, 0.3) is 0 Å². The van der Waals surface area contributed by atoms with Crippen LogP contribution in [0, 0.1) is 0 Å². The summed E-state index contributed by atoms with van der Waals surface area (Å²) in [5.74, 6) is -0.682. The van der Waals surface area contributed by atoms with Gasteiger partial charge in [-0.15, -0.1) is 0 Å². The van der Waals surface area contributed by atoms with Crippen LogP contribution >= 0.6 is 0 Å². The summed E-state index contributed by atoms with van der Waals surface area (Å²) in [6.45, 7) is 2.44. The molecule has 0 amide bonds. The lowest BCUT2D eigenvalue weighted by atomic mass is 9.98. The Morgan fingerprint density at radius 1 is 1.04 bits per heavy atom. The summed E-state index contributed by atoms with van der Waals surface area (Å²) in [4.78, 5) is 22.5. The molecule has 1 aliphatic rings. The minimum atomic E-state index is -1.57. The molecular weight excluding hydrogens is 360 g/mol. The first kappa shape index (κ1) is 21.1. The number of hydrogen-bond acceptors (Lipinski definition) is 9. The Balaban J connectivity index is 1.97. The normalized spacial score (nSPS) is 27.7. The van der Waals surface area contributed by atoms with Gasteiger partial charge in [0.2, 0.25) is 0 Å². The predicted octanol–water partition coefficient (Wildman–Crippen LogP) is 0.153. The van der Waals surface area contributed by atoms with Crippen LogP contribution in [0.1, 0.15) is 19.4 Å². The van der Waals surface area contributed by atoms with Gasteiger partial charge >= 0.3 is 11.9 Å². The molecule has 1 aromatic carbocycles. The van der Waals surface area contributed by atoms with Crippen LogP contribution in [0.3, 0.4) is 0 Å². The summed E-state index contributed by atoms with van der Waals surface area (Å²) in [5, 5.41) is 20.5. The van der Waals surface area contributed by atoms with Gasteiger partial charge in [0.15, 0.2) is 18.5 Å². The summed E-state index contributed by atoms with van der Waals surface area (Å²) in [6.07, 6.45) is -6.51. The number of methoxy groups -OCH3 is 1. The lowest BCUT2D eigenvalue weighted by Crippen LogP contribution is -2.61. The Kier molecular flexibility index (Phi) is 7.55. The second kappa shape index (κ2) is 9.65. The van der Waals surface area contributed by atoms with Crippen LogP contribution in [0.15, 0.2) is 24.3 Å². The van der Waals surface area contributed by atoms with Crippen LogP contribution in [-0.4, -0.2) is 66.6 Å². The molecule has 1 aromatic rings. The summed E-state index contributed by atoms with van der Waals surface area (Å²) < 4.78 is 25.9. The highest BCUT2D eigenvalue weighted by molar-refractivity contribution is 5.67. The van der Waals surface area contributed by atoms with E-state index in [0.29, 0.717) is 5.75 Å². The molecule has 2 N–H and O–H groups in total. The van der Waals surface area contributed by atoms with Gasteiger partial charge < -0.3 is 33.9 Å². The van der Waals surface area contributed by atoms with Gasteiger partial charge in [-0.2, -0.15) is 0 Å². The van der Waals surface area contributed by atoms with Crippen LogP contribution < -0.4 is 4.74 Å². The van der Waals surface area contributed by atoms with E-state index in [1.165, 1.54) is 0 Å². The molecule has 150 valence electrons. The van der Waals surface area contributed by atoms with Crippen molar-refractivity contribution in [3.63, 3.8) is 0 Å². The minimum absolute atomic E-state index is 0.0746. The molecular formula is C18H24O9. The van der Waals surface area contributed by atoms with Crippen molar-refractivity contribution < 1.29 is 43.5 Å². The number of carbonyl (C=O) groups is 2. The second-order valence-corrected chi connectivity index (χ2v) is 6.07. The fourth-order valence-corrected chi connectivity index (χ4v) is 2.70. The molecule has 9 heteroatoms. The molecule has 2 rings (SSSR count). The fraction of sp³-hybridized carbons (Fsp3) is 0.556. The van der Waals surface area contributed by atoms with E-state index in [-0.39, 0.29) is 13.2 Å². The second-order valence-electron chi connectivity index (χ2n) is 6.07. The van der Waals surface area contributed by atoms with Crippen molar-refractivity contribution in [3.05, 3.63) is 29.8 Å². The number of carbonyl (C=O) groups excluding carboxylic acids is 2. The van der Waals surface area contributed by atoms with Gasteiger partial charge in [0.05, 0.1) is 20.3 Å². The number of hydrogen-bond donors (Lipinski definition) is 2. The van der Waals surface area contributed by atoms with Crippen molar-refractivity contribution in [2.75, 3.05) is 13.7 Å². The molecule has 0 aliphatic carbocycles. The quantitative estimate of drug-likeness (QED) is 0.633. The van der Waals surface area contributed by atoms with E-state index < -0.39 is 42.6 Å². The van der Waals surface area contributed by atoms with Crippen molar-refractivity contribution in [1.29, 1.82) is 0 Å². The van der Waals surface area contributed by atoms with Crippen molar-refractivity contribution in [3.8, 4) is 5.75 Å². The first-order valence-electron chi connectivity index (χ1n) is 8.38. The van der Waals surface area contributed by atoms with E-state index in [0.717, 1.165) is 19.4 Å². The zero-order valence-corrected chi connectivity index (χ0v) is 15.4. The average Bonchev–Trinajstić information content (AvgIpc) is 2.62. The zero-order chi connectivity index (χ0) is 20.0. The molecule has 0 saturated carbocycles. The van der Waals surface area contributed by atoms with Crippen molar-refractivity contribution >= 4 is 11.9 Å². The van der Waals surface area contributed by atoms with E-state index in [9.17, 15) is 19.8 Å². The largest absolute Gasteiger partial charge is 0.497 e. The Labute approximate surface area is 156 Å². The van der Waals surface area contributed by atoms with Crippen molar-refractivity contribution in [2.24, 2.45) is 0 Å². The summed E-state index contributed by atoms with van der Waals surface area (Å²) >= 11 is 0. The van der Waals surface area contributed by atoms with E-state index in [4.69, 9.17) is 23.7 Å². The molecule has 0 spiro atoms. The van der Waals surface area contributed by atoms with E-state index in [1.54, 1.807) is 19.2 Å².